The highest BCUT2D eigenvalue weighted by Gasteiger charge is 2.17. The zero-order chi connectivity index (χ0) is 14.4. The van der Waals surface area contributed by atoms with Crippen molar-refractivity contribution in [3.8, 4) is 0 Å². The van der Waals surface area contributed by atoms with Crippen LogP contribution in [-0.4, -0.2) is 36.1 Å². The third-order valence-electron chi connectivity index (χ3n) is 4.41. The van der Waals surface area contributed by atoms with E-state index in [4.69, 9.17) is 0 Å². The lowest BCUT2D eigenvalue weighted by Crippen LogP contribution is -2.35. The number of thiazole rings is 1. The standard InChI is InChI=1S/C16H29N3S/c1-13-14(2)20-16(18-13)12-17-10-7-11-19(3)15-8-5-4-6-9-15/h15,17H,4-12H2,1-3H3. The first-order valence-corrected chi connectivity index (χ1v) is 8.82. The molecule has 1 aliphatic rings. The highest BCUT2D eigenvalue weighted by Crippen LogP contribution is 2.21. The number of hydrogen-bond donors (Lipinski definition) is 1. The second-order valence-corrected chi connectivity index (χ2v) is 7.34. The Labute approximate surface area is 127 Å². The average Bonchev–Trinajstić information content (AvgIpc) is 2.78. The molecular formula is C16H29N3S. The average molecular weight is 295 g/mol. The summed E-state index contributed by atoms with van der Waals surface area (Å²) in [6.45, 7) is 7.47. The van der Waals surface area contributed by atoms with Crippen molar-refractivity contribution in [3.05, 3.63) is 15.6 Å². The first-order chi connectivity index (χ1) is 9.66. The summed E-state index contributed by atoms with van der Waals surface area (Å²) in [5.74, 6) is 0. The highest BCUT2D eigenvalue weighted by atomic mass is 32.1. The molecule has 4 heteroatoms. The van der Waals surface area contributed by atoms with Crippen molar-refractivity contribution in [2.45, 2.75) is 65.0 Å². The summed E-state index contributed by atoms with van der Waals surface area (Å²) in [6, 6.07) is 0.841. The van der Waals surface area contributed by atoms with Crippen LogP contribution in [0.5, 0.6) is 0 Å². The normalized spacial score (nSPS) is 17.0. The Morgan fingerprint density at radius 3 is 2.65 bits per heavy atom. The smallest absolute Gasteiger partial charge is 0.107 e. The Balaban J connectivity index is 1.56. The summed E-state index contributed by atoms with van der Waals surface area (Å²) >= 11 is 1.82. The van der Waals surface area contributed by atoms with Gasteiger partial charge in [0, 0.05) is 17.5 Å². The van der Waals surface area contributed by atoms with Crippen molar-refractivity contribution in [3.63, 3.8) is 0 Å². The number of nitrogens with zero attached hydrogens (tertiary/aromatic N) is 2. The molecule has 1 aliphatic carbocycles. The van der Waals surface area contributed by atoms with Gasteiger partial charge in [-0.25, -0.2) is 4.98 Å². The lowest BCUT2D eigenvalue weighted by Gasteiger charge is -2.31. The van der Waals surface area contributed by atoms with Crippen LogP contribution in [0.15, 0.2) is 0 Å². The lowest BCUT2D eigenvalue weighted by molar-refractivity contribution is 0.189. The molecule has 3 nitrogen and oxygen atoms in total. The first kappa shape index (κ1) is 15.9. The molecule has 1 aromatic rings. The van der Waals surface area contributed by atoms with Gasteiger partial charge in [0.2, 0.25) is 0 Å². The van der Waals surface area contributed by atoms with E-state index in [-0.39, 0.29) is 0 Å². The summed E-state index contributed by atoms with van der Waals surface area (Å²) in [6.07, 6.45) is 8.34. The van der Waals surface area contributed by atoms with Crippen LogP contribution in [0.25, 0.3) is 0 Å². The third-order valence-corrected chi connectivity index (χ3v) is 5.48. The van der Waals surface area contributed by atoms with Crippen molar-refractivity contribution in [1.29, 1.82) is 0 Å². The molecule has 0 aromatic carbocycles. The molecule has 1 N–H and O–H groups in total. The minimum absolute atomic E-state index is 0.841. The quantitative estimate of drug-likeness (QED) is 0.780. The Morgan fingerprint density at radius 1 is 1.25 bits per heavy atom. The monoisotopic (exact) mass is 295 g/mol. The molecular weight excluding hydrogens is 266 g/mol. The molecule has 1 saturated carbocycles. The maximum absolute atomic E-state index is 4.56. The van der Waals surface area contributed by atoms with Gasteiger partial charge < -0.3 is 10.2 Å². The van der Waals surface area contributed by atoms with Crippen molar-refractivity contribution < 1.29 is 0 Å². The van der Waals surface area contributed by atoms with E-state index in [0.29, 0.717) is 0 Å². The topological polar surface area (TPSA) is 28.2 Å². The molecule has 0 saturated heterocycles. The SMILES string of the molecule is Cc1nc(CNCCCN(C)C2CCCCC2)sc1C. The van der Waals surface area contributed by atoms with Crippen LogP contribution in [0.1, 0.15) is 54.1 Å². The zero-order valence-corrected chi connectivity index (χ0v) is 14.1. The molecule has 0 unspecified atom stereocenters. The van der Waals surface area contributed by atoms with Gasteiger partial charge in [-0.15, -0.1) is 11.3 Å². The Kier molecular flexibility index (Phi) is 6.46. The van der Waals surface area contributed by atoms with Gasteiger partial charge in [-0.05, 0) is 53.2 Å². The minimum Gasteiger partial charge on any atom is -0.310 e. The molecule has 0 bridgehead atoms. The molecule has 1 fully saturated rings. The second-order valence-electron chi connectivity index (χ2n) is 6.05. The summed E-state index contributed by atoms with van der Waals surface area (Å²) in [5, 5.41) is 4.74. The summed E-state index contributed by atoms with van der Waals surface area (Å²) in [5.41, 5.74) is 1.18. The largest absolute Gasteiger partial charge is 0.310 e. The van der Waals surface area contributed by atoms with E-state index in [1.807, 2.05) is 11.3 Å². The van der Waals surface area contributed by atoms with Gasteiger partial charge in [0.05, 0.1) is 5.69 Å². The van der Waals surface area contributed by atoms with Gasteiger partial charge in [0.25, 0.3) is 0 Å². The zero-order valence-electron chi connectivity index (χ0n) is 13.2. The van der Waals surface area contributed by atoms with Gasteiger partial charge in [-0.3, -0.25) is 0 Å². The number of nitrogens with one attached hydrogen (secondary N) is 1. The number of aromatic nitrogens is 1. The second kappa shape index (κ2) is 8.11. The maximum atomic E-state index is 4.56. The van der Waals surface area contributed by atoms with Gasteiger partial charge in [-0.2, -0.15) is 0 Å². The molecule has 1 aromatic heterocycles. The van der Waals surface area contributed by atoms with Gasteiger partial charge >= 0.3 is 0 Å². The predicted octanol–water partition coefficient (Wildman–Crippen LogP) is 3.50. The fourth-order valence-electron chi connectivity index (χ4n) is 2.97. The van der Waals surface area contributed by atoms with E-state index in [0.717, 1.165) is 19.1 Å². The fraction of sp³-hybridized carbons (Fsp3) is 0.812. The van der Waals surface area contributed by atoms with E-state index in [9.17, 15) is 0 Å². The van der Waals surface area contributed by atoms with Crippen LogP contribution in [0.3, 0.4) is 0 Å². The summed E-state index contributed by atoms with van der Waals surface area (Å²) in [4.78, 5) is 8.48. The van der Waals surface area contributed by atoms with Crippen molar-refractivity contribution in [2.24, 2.45) is 0 Å². The third kappa shape index (κ3) is 4.83. The van der Waals surface area contributed by atoms with Crippen LogP contribution in [0.4, 0.5) is 0 Å². The van der Waals surface area contributed by atoms with Crippen LogP contribution in [0.2, 0.25) is 0 Å². The number of aryl methyl sites for hydroxylation is 2. The van der Waals surface area contributed by atoms with Crippen molar-refractivity contribution >= 4 is 11.3 Å². The number of rotatable bonds is 7. The van der Waals surface area contributed by atoms with E-state index in [1.165, 1.54) is 60.6 Å². The molecule has 0 atom stereocenters. The van der Waals surface area contributed by atoms with Crippen molar-refractivity contribution in [1.82, 2.24) is 15.2 Å². The van der Waals surface area contributed by atoms with Crippen LogP contribution in [-0.2, 0) is 6.54 Å². The molecule has 2 rings (SSSR count). The van der Waals surface area contributed by atoms with Gasteiger partial charge in [0.1, 0.15) is 5.01 Å². The molecule has 114 valence electrons. The summed E-state index contributed by atoms with van der Waals surface area (Å²) < 4.78 is 0. The first-order valence-electron chi connectivity index (χ1n) is 8.00. The van der Waals surface area contributed by atoms with E-state index in [1.54, 1.807) is 0 Å². The fourth-order valence-corrected chi connectivity index (χ4v) is 3.87. The molecule has 1 heterocycles. The lowest BCUT2D eigenvalue weighted by atomic mass is 9.94. The number of hydrogen-bond acceptors (Lipinski definition) is 4. The predicted molar refractivity (Wildman–Crippen MR) is 87.4 cm³/mol. The molecule has 0 radical (unpaired) electrons. The summed E-state index contributed by atoms with van der Waals surface area (Å²) in [7, 11) is 2.30. The molecule has 0 amide bonds. The van der Waals surface area contributed by atoms with Gasteiger partial charge in [0.15, 0.2) is 0 Å². The van der Waals surface area contributed by atoms with E-state index < -0.39 is 0 Å². The minimum atomic E-state index is 0.841. The highest BCUT2D eigenvalue weighted by molar-refractivity contribution is 7.11. The molecule has 0 aliphatic heterocycles. The Morgan fingerprint density at radius 2 is 2.00 bits per heavy atom. The molecule has 20 heavy (non-hydrogen) atoms. The van der Waals surface area contributed by atoms with Gasteiger partial charge in [-0.1, -0.05) is 19.3 Å². The van der Waals surface area contributed by atoms with Crippen LogP contribution in [0, 0.1) is 13.8 Å². The van der Waals surface area contributed by atoms with E-state index >= 15 is 0 Å². The van der Waals surface area contributed by atoms with Crippen LogP contribution >= 0.6 is 11.3 Å². The molecule has 0 spiro atoms. The van der Waals surface area contributed by atoms with Crippen LogP contribution < -0.4 is 5.32 Å². The Bertz CT molecular complexity index is 377. The Hall–Kier alpha value is -0.450. The van der Waals surface area contributed by atoms with E-state index in [2.05, 4.69) is 36.1 Å². The maximum Gasteiger partial charge on any atom is 0.107 e. The van der Waals surface area contributed by atoms with Crippen molar-refractivity contribution in [2.75, 3.05) is 20.1 Å².